The van der Waals surface area contributed by atoms with Crippen LogP contribution in [0.25, 0.3) is 0 Å². The van der Waals surface area contributed by atoms with Gasteiger partial charge in [0, 0.05) is 0 Å². The number of carbonyl (C=O) groups is 1. The Morgan fingerprint density at radius 1 is 1.20 bits per heavy atom. The third kappa shape index (κ3) is 5.32. The molecule has 1 N–H and O–H groups in total. The molecule has 0 radical (unpaired) electrons. The second-order valence-corrected chi connectivity index (χ2v) is 30.4. The average molecular weight is 494 g/mol. The van der Waals surface area contributed by atoms with Crippen LogP contribution in [0, 0.1) is 0 Å². The minimum Gasteiger partial charge on any atom is -1.00 e. The fourth-order valence-corrected chi connectivity index (χ4v) is 21.2. The topological polar surface area (TPSA) is 29.1 Å². The van der Waals surface area contributed by atoms with Gasteiger partial charge in [-0.15, -0.1) is 0 Å². The van der Waals surface area contributed by atoms with Crippen molar-refractivity contribution < 1.29 is 50.5 Å². The molecule has 20 heavy (non-hydrogen) atoms. The SMILES string of the molecule is C[SiH](C)[Hf+2]([NH]C(=O)c1ccccc1)[C]1=CC=CC1.[Cl-].[Cl-]. The molecule has 1 aromatic rings. The van der Waals surface area contributed by atoms with E-state index in [1.54, 1.807) is 3.33 Å². The van der Waals surface area contributed by atoms with Gasteiger partial charge < -0.3 is 24.8 Å². The Morgan fingerprint density at radius 2 is 1.85 bits per heavy atom. The van der Waals surface area contributed by atoms with Gasteiger partial charge in [-0.2, -0.15) is 0 Å². The number of hydrogen-bond donors (Lipinski definition) is 1. The van der Waals surface area contributed by atoms with Crippen LogP contribution in [0.2, 0.25) is 13.1 Å². The Hall–Kier alpha value is -0.163. The molecule has 0 saturated heterocycles. The first kappa shape index (κ1) is 19.8. The van der Waals surface area contributed by atoms with Crippen molar-refractivity contribution in [2.45, 2.75) is 19.5 Å². The first-order chi connectivity index (χ1) is 8.68. The van der Waals surface area contributed by atoms with Crippen LogP contribution < -0.4 is 28.1 Å². The molecular weight excluding hydrogens is 476 g/mol. The first-order valence-corrected chi connectivity index (χ1v) is 19.0. The van der Waals surface area contributed by atoms with Crippen LogP contribution in [0.5, 0.6) is 0 Å². The van der Waals surface area contributed by atoms with Crippen molar-refractivity contribution in [2.75, 3.05) is 0 Å². The average Bonchev–Trinajstić information content (AvgIpc) is 2.90. The summed E-state index contributed by atoms with van der Waals surface area (Å²) >= 11 is -2.05. The molecule has 0 atom stereocenters. The van der Waals surface area contributed by atoms with Gasteiger partial charge in [0.25, 0.3) is 0 Å². The maximum atomic E-state index is 12.2. The first-order valence-electron chi connectivity index (χ1n) is 6.28. The molecule has 1 aliphatic rings. The molecule has 0 saturated carbocycles. The van der Waals surface area contributed by atoms with Crippen molar-refractivity contribution in [3.8, 4) is 0 Å². The van der Waals surface area contributed by atoms with E-state index in [1.165, 1.54) is 0 Å². The minimum atomic E-state index is -2.05. The van der Waals surface area contributed by atoms with Gasteiger partial charge in [0.1, 0.15) is 0 Å². The van der Waals surface area contributed by atoms with Crippen molar-refractivity contribution in [1.29, 1.82) is 0 Å². The third-order valence-electron chi connectivity index (χ3n) is 2.98. The molecule has 0 fully saturated rings. The molecule has 1 aliphatic carbocycles. The summed E-state index contributed by atoms with van der Waals surface area (Å²) in [6.07, 6.45) is 7.64. The molecule has 0 heterocycles. The zero-order valence-electron chi connectivity index (χ0n) is 11.6. The third-order valence-corrected chi connectivity index (χ3v) is 26.4. The summed E-state index contributed by atoms with van der Waals surface area (Å²) in [4.78, 5) is 12.2. The molecule has 2 nitrogen and oxygen atoms in total. The molecule has 1 amide bonds. The van der Waals surface area contributed by atoms with Crippen molar-refractivity contribution in [1.82, 2.24) is 3.30 Å². The van der Waals surface area contributed by atoms with Gasteiger partial charge in [-0.1, -0.05) is 0 Å². The maximum absolute atomic E-state index is 12.2. The number of carbonyl (C=O) groups excluding carboxylic acids is 1. The summed E-state index contributed by atoms with van der Waals surface area (Å²) in [5, 5.41) is 0. The number of halogens is 2. The van der Waals surface area contributed by atoms with Gasteiger partial charge in [0.15, 0.2) is 0 Å². The van der Waals surface area contributed by atoms with Gasteiger partial charge in [0.05, 0.1) is 0 Å². The summed E-state index contributed by atoms with van der Waals surface area (Å²) < 4.78 is 4.96. The largest absolute Gasteiger partial charge is 1.00 e. The number of amides is 1. The summed E-state index contributed by atoms with van der Waals surface area (Å²) in [6, 6.07) is 9.56. The second-order valence-electron chi connectivity index (χ2n) is 4.71. The summed E-state index contributed by atoms with van der Waals surface area (Å²) in [7, 11) is 0. The van der Waals surface area contributed by atoms with E-state index in [4.69, 9.17) is 0 Å². The number of allylic oxidation sites excluding steroid dienone is 4. The zero-order chi connectivity index (χ0) is 13.0. The van der Waals surface area contributed by atoms with E-state index < -0.39 is 26.9 Å². The Bertz CT molecular complexity index is 491. The van der Waals surface area contributed by atoms with E-state index in [0.717, 1.165) is 12.0 Å². The molecule has 0 bridgehead atoms. The zero-order valence-corrected chi connectivity index (χ0v) is 17.8. The van der Waals surface area contributed by atoms with Gasteiger partial charge in [-0.25, -0.2) is 0 Å². The van der Waals surface area contributed by atoms with E-state index in [2.05, 4.69) is 34.6 Å². The quantitative estimate of drug-likeness (QED) is 0.440. The predicted molar refractivity (Wildman–Crippen MR) is 74.6 cm³/mol. The van der Waals surface area contributed by atoms with Crippen molar-refractivity contribution in [2.24, 2.45) is 0 Å². The fourth-order valence-electron chi connectivity index (χ4n) is 2.03. The monoisotopic (exact) mass is 494 g/mol. The van der Waals surface area contributed by atoms with Crippen molar-refractivity contribution >= 4 is 11.9 Å². The van der Waals surface area contributed by atoms with E-state index in [-0.39, 0.29) is 30.7 Å². The molecule has 0 aromatic heterocycles. The Balaban J connectivity index is 0.00000180. The van der Waals surface area contributed by atoms with Crippen molar-refractivity contribution in [3.63, 3.8) is 0 Å². The Kier molecular flexibility index (Phi) is 9.64. The molecular formula is C14H18Cl2HfNOSi. The summed E-state index contributed by atoms with van der Waals surface area (Å²) in [5.74, 6) is -0.614. The normalized spacial score (nSPS) is 12.2. The van der Waals surface area contributed by atoms with Gasteiger partial charge in [0.2, 0.25) is 0 Å². The Labute approximate surface area is 142 Å². The summed E-state index contributed by atoms with van der Waals surface area (Å²) in [5.41, 5.74) is 0.793. The molecule has 6 heteroatoms. The minimum absolute atomic E-state index is 0. The van der Waals surface area contributed by atoms with E-state index in [9.17, 15) is 4.79 Å². The maximum Gasteiger partial charge on any atom is -1.00 e. The van der Waals surface area contributed by atoms with Gasteiger partial charge in [-0.3, -0.25) is 0 Å². The Morgan fingerprint density at radius 3 is 2.35 bits per heavy atom. The molecule has 0 spiro atoms. The second kappa shape index (κ2) is 9.72. The smallest absolute Gasteiger partial charge is 1.00 e. The fraction of sp³-hybridized carbons (Fsp3) is 0.214. The van der Waals surface area contributed by atoms with Crippen LogP contribution in [0.4, 0.5) is 0 Å². The molecule has 2 rings (SSSR count). The van der Waals surface area contributed by atoms with Gasteiger partial charge >= 0.3 is 118 Å². The molecule has 0 aliphatic heterocycles. The van der Waals surface area contributed by atoms with E-state index in [1.807, 2.05) is 30.3 Å². The standard InChI is InChI=1S/C7H7NO.C5H5.C2H7Si.2ClH.Hf/c8-7(9)6-4-2-1-3-5-6;1-2-4-5-3-1;1-3-2;;;/h1-5H,(H2,8,9);1-3H,4H2;3H,1-2H3;2*1H;/q;;;;;+3/p-3. The number of benzene rings is 1. The summed E-state index contributed by atoms with van der Waals surface area (Å²) in [6.45, 7) is 4.74. The van der Waals surface area contributed by atoms with E-state index in [0.29, 0.717) is 0 Å². The molecule has 107 valence electrons. The number of nitrogens with one attached hydrogen (secondary N) is 1. The number of rotatable bonds is 4. The van der Waals surface area contributed by atoms with Gasteiger partial charge in [-0.05, 0) is 0 Å². The molecule has 0 unspecified atom stereocenters. The van der Waals surface area contributed by atoms with Crippen LogP contribution in [0.1, 0.15) is 16.8 Å². The van der Waals surface area contributed by atoms with Crippen LogP contribution in [-0.2, 0) is 20.9 Å². The number of hydrogen-bond acceptors (Lipinski definition) is 1. The van der Waals surface area contributed by atoms with E-state index >= 15 is 0 Å². The van der Waals surface area contributed by atoms with Crippen LogP contribution in [0.15, 0.2) is 51.9 Å². The van der Waals surface area contributed by atoms with Crippen LogP contribution in [0.3, 0.4) is 0 Å². The van der Waals surface area contributed by atoms with Crippen molar-refractivity contribution in [3.05, 3.63) is 57.5 Å². The van der Waals surface area contributed by atoms with Crippen LogP contribution >= 0.6 is 0 Å². The van der Waals surface area contributed by atoms with Crippen LogP contribution in [-0.4, -0.2) is 11.9 Å². The molecule has 1 aromatic carbocycles. The predicted octanol–water partition coefficient (Wildman–Crippen LogP) is -3.22.